The van der Waals surface area contributed by atoms with Crippen LogP contribution in [0.3, 0.4) is 0 Å². The number of anilines is 1. The first-order chi connectivity index (χ1) is 9.10. The summed E-state index contributed by atoms with van der Waals surface area (Å²) in [6.07, 6.45) is 2.05. The van der Waals surface area contributed by atoms with E-state index in [0.29, 0.717) is 30.5 Å². The van der Waals surface area contributed by atoms with Crippen LogP contribution in [-0.2, 0) is 0 Å². The van der Waals surface area contributed by atoms with E-state index in [1.807, 2.05) is 6.92 Å². The average Bonchev–Trinajstić information content (AvgIpc) is 2.37. The van der Waals surface area contributed by atoms with Gasteiger partial charge in [0.25, 0.3) is 0 Å². The summed E-state index contributed by atoms with van der Waals surface area (Å²) in [7, 11) is 0. The molecule has 0 spiro atoms. The molecule has 1 rings (SSSR count). The van der Waals surface area contributed by atoms with E-state index in [2.05, 4.69) is 18.5 Å². The zero-order valence-electron chi connectivity index (χ0n) is 11.5. The number of rotatable bonds is 8. The Morgan fingerprint density at radius 2 is 2.26 bits per heavy atom. The summed E-state index contributed by atoms with van der Waals surface area (Å²) < 4.78 is 5.31. The molecule has 0 radical (unpaired) electrons. The van der Waals surface area contributed by atoms with Crippen LogP contribution in [0.1, 0.15) is 13.8 Å². The number of nitro groups is 1. The van der Waals surface area contributed by atoms with E-state index in [-0.39, 0.29) is 5.69 Å². The van der Waals surface area contributed by atoms with Crippen LogP contribution in [0.15, 0.2) is 18.2 Å². The van der Waals surface area contributed by atoms with Crippen molar-refractivity contribution in [2.24, 2.45) is 5.92 Å². The summed E-state index contributed by atoms with van der Waals surface area (Å²) in [5.74, 6) is 1.78. The van der Waals surface area contributed by atoms with E-state index in [1.54, 1.807) is 30.0 Å². The minimum absolute atomic E-state index is 0.0145. The SMILES string of the molecule is CCOc1cccc(NCC(C)CSC)c1[N+](=O)[O-]. The summed E-state index contributed by atoms with van der Waals surface area (Å²) in [4.78, 5) is 10.8. The third-order valence-corrected chi connectivity index (χ3v) is 3.48. The third-order valence-electron chi connectivity index (χ3n) is 2.57. The van der Waals surface area contributed by atoms with Gasteiger partial charge in [-0.05, 0) is 37.0 Å². The maximum absolute atomic E-state index is 11.2. The highest BCUT2D eigenvalue weighted by Crippen LogP contribution is 2.34. The topological polar surface area (TPSA) is 64.4 Å². The van der Waals surface area contributed by atoms with Gasteiger partial charge in [-0.15, -0.1) is 0 Å². The number of ether oxygens (including phenoxy) is 1. The Hall–Kier alpha value is -1.43. The Balaban J connectivity index is 2.87. The summed E-state index contributed by atoms with van der Waals surface area (Å²) in [6, 6.07) is 5.10. The lowest BCUT2D eigenvalue weighted by atomic mass is 10.2. The van der Waals surface area contributed by atoms with Crippen molar-refractivity contribution >= 4 is 23.1 Å². The van der Waals surface area contributed by atoms with Gasteiger partial charge in [0.05, 0.1) is 11.5 Å². The van der Waals surface area contributed by atoms with E-state index in [1.165, 1.54) is 0 Å². The van der Waals surface area contributed by atoms with Gasteiger partial charge < -0.3 is 10.1 Å². The lowest BCUT2D eigenvalue weighted by Gasteiger charge is -2.13. The summed E-state index contributed by atoms with van der Waals surface area (Å²) in [5, 5.41) is 14.3. The van der Waals surface area contributed by atoms with Crippen LogP contribution in [0, 0.1) is 16.0 Å². The summed E-state index contributed by atoms with van der Waals surface area (Å²) in [6.45, 7) is 5.04. The lowest BCUT2D eigenvalue weighted by molar-refractivity contribution is -0.384. The van der Waals surface area contributed by atoms with Gasteiger partial charge in [-0.1, -0.05) is 13.0 Å². The van der Waals surface area contributed by atoms with Crippen molar-refractivity contribution in [1.82, 2.24) is 0 Å². The third kappa shape index (κ3) is 4.63. The van der Waals surface area contributed by atoms with Crippen LogP contribution in [0.2, 0.25) is 0 Å². The van der Waals surface area contributed by atoms with Crippen molar-refractivity contribution in [3.8, 4) is 5.75 Å². The fraction of sp³-hybridized carbons (Fsp3) is 0.538. The first-order valence-corrected chi connectivity index (χ1v) is 7.62. The largest absolute Gasteiger partial charge is 0.487 e. The molecule has 1 unspecified atom stereocenters. The smallest absolute Gasteiger partial charge is 0.333 e. The van der Waals surface area contributed by atoms with Crippen molar-refractivity contribution < 1.29 is 9.66 Å². The molecule has 1 N–H and O–H groups in total. The molecule has 1 atom stereocenters. The van der Waals surface area contributed by atoms with E-state index in [0.717, 1.165) is 5.75 Å². The van der Waals surface area contributed by atoms with Gasteiger partial charge in [0.1, 0.15) is 5.69 Å². The van der Waals surface area contributed by atoms with Gasteiger partial charge >= 0.3 is 5.69 Å². The Morgan fingerprint density at radius 3 is 2.84 bits per heavy atom. The number of hydrogen-bond acceptors (Lipinski definition) is 5. The Bertz CT molecular complexity index is 426. The molecule has 0 heterocycles. The monoisotopic (exact) mass is 284 g/mol. The predicted octanol–water partition coefficient (Wildman–Crippen LogP) is 3.40. The van der Waals surface area contributed by atoms with E-state index >= 15 is 0 Å². The number of nitrogens with zero attached hydrogens (tertiary/aromatic N) is 1. The maximum Gasteiger partial charge on any atom is 0.333 e. The number of benzene rings is 1. The molecule has 0 aromatic heterocycles. The second-order valence-electron chi connectivity index (χ2n) is 4.28. The molecule has 1 aromatic rings. The second-order valence-corrected chi connectivity index (χ2v) is 5.19. The summed E-state index contributed by atoms with van der Waals surface area (Å²) >= 11 is 1.77. The minimum Gasteiger partial charge on any atom is -0.487 e. The van der Waals surface area contributed by atoms with Crippen molar-refractivity contribution in [3.63, 3.8) is 0 Å². The summed E-state index contributed by atoms with van der Waals surface area (Å²) in [5.41, 5.74) is 0.532. The number of hydrogen-bond donors (Lipinski definition) is 1. The van der Waals surface area contributed by atoms with Crippen LogP contribution in [0.5, 0.6) is 5.75 Å². The first kappa shape index (κ1) is 15.6. The zero-order valence-corrected chi connectivity index (χ0v) is 12.3. The Labute approximate surface area is 117 Å². The van der Waals surface area contributed by atoms with Gasteiger partial charge in [0.15, 0.2) is 5.75 Å². The number of para-hydroxylation sites is 1. The number of nitrogens with one attached hydrogen (secondary N) is 1. The van der Waals surface area contributed by atoms with Crippen molar-refractivity contribution in [3.05, 3.63) is 28.3 Å². The van der Waals surface area contributed by atoms with Crippen LogP contribution in [-0.4, -0.2) is 30.1 Å². The highest BCUT2D eigenvalue weighted by molar-refractivity contribution is 7.98. The van der Waals surface area contributed by atoms with E-state index < -0.39 is 4.92 Å². The highest BCUT2D eigenvalue weighted by atomic mass is 32.2. The quantitative estimate of drug-likeness (QED) is 0.585. The molecule has 19 heavy (non-hydrogen) atoms. The molecule has 1 aromatic carbocycles. The minimum atomic E-state index is -0.396. The van der Waals surface area contributed by atoms with Gasteiger partial charge in [0, 0.05) is 6.54 Å². The molecule has 0 saturated heterocycles. The molecule has 0 saturated carbocycles. The first-order valence-electron chi connectivity index (χ1n) is 6.23. The molecule has 0 aliphatic carbocycles. The van der Waals surface area contributed by atoms with Gasteiger partial charge in [0.2, 0.25) is 0 Å². The van der Waals surface area contributed by atoms with E-state index in [4.69, 9.17) is 4.74 Å². The van der Waals surface area contributed by atoms with Crippen molar-refractivity contribution in [1.29, 1.82) is 0 Å². The molecule has 6 heteroatoms. The fourth-order valence-corrected chi connectivity index (χ4v) is 2.44. The zero-order chi connectivity index (χ0) is 14.3. The molecule has 0 aliphatic rings. The molecule has 106 valence electrons. The van der Waals surface area contributed by atoms with E-state index in [9.17, 15) is 10.1 Å². The van der Waals surface area contributed by atoms with Crippen molar-refractivity contribution in [2.45, 2.75) is 13.8 Å². The van der Waals surface area contributed by atoms with Crippen molar-refractivity contribution in [2.75, 3.05) is 30.5 Å². The maximum atomic E-state index is 11.2. The van der Waals surface area contributed by atoms with Gasteiger partial charge in [-0.25, -0.2) is 0 Å². The lowest BCUT2D eigenvalue weighted by Crippen LogP contribution is -2.14. The second kappa shape index (κ2) is 7.89. The van der Waals surface area contributed by atoms with Crippen LogP contribution < -0.4 is 10.1 Å². The number of thioether (sulfide) groups is 1. The van der Waals surface area contributed by atoms with Crippen LogP contribution >= 0.6 is 11.8 Å². The normalized spacial score (nSPS) is 11.9. The molecule has 0 bridgehead atoms. The predicted molar refractivity (Wildman–Crippen MR) is 80.3 cm³/mol. The molecule has 0 fully saturated rings. The van der Waals surface area contributed by atoms with Crippen LogP contribution in [0.4, 0.5) is 11.4 Å². The molecule has 5 nitrogen and oxygen atoms in total. The Kier molecular flexibility index (Phi) is 6.49. The Morgan fingerprint density at radius 1 is 1.53 bits per heavy atom. The van der Waals surface area contributed by atoms with Gasteiger partial charge in [-0.3, -0.25) is 10.1 Å². The molecule has 0 aliphatic heterocycles. The standard InChI is InChI=1S/C13H20N2O3S/c1-4-18-12-7-5-6-11(13(12)15(16)17)14-8-10(2)9-19-3/h5-7,10,14H,4,8-9H2,1-3H3. The highest BCUT2D eigenvalue weighted by Gasteiger charge is 2.20. The average molecular weight is 284 g/mol. The molecular weight excluding hydrogens is 264 g/mol. The molecular formula is C13H20N2O3S. The van der Waals surface area contributed by atoms with Crippen LogP contribution in [0.25, 0.3) is 0 Å². The molecule has 0 amide bonds. The number of nitro benzene ring substituents is 1. The fourth-order valence-electron chi connectivity index (χ4n) is 1.75. The van der Waals surface area contributed by atoms with Gasteiger partial charge in [-0.2, -0.15) is 11.8 Å².